The van der Waals surface area contributed by atoms with Crippen LogP contribution in [0.4, 0.5) is 8.78 Å². The van der Waals surface area contributed by atoms with Crippen LogP contribution in [0.15, 0.2) is 43.5 Å². The molecule has 24 heavy (non-hydrogen) atoms. The van der Waals surface area contributed by atoms with E-state index >= 15 is 0 Å². The van der Waals surface area contributed by atoms with Gasteiger partial charge in [-0.15, -0.1) is 0 Å². The molecule has 0 unspecified atom stereocenters. The van der Waals surface area contributed by atoms with Crippen LogP contribution in [0.5, 0.6) is 0 Å². The fourth-order valence-corrected chi connectivity index (χ4v) is 2.54. The predicted octanol–water partition coefficient (Wildman–Crippen LogP) is 2.83. The smallest absolute Gasteiger partial charge is 0.137 e. The Morgan fingerprint density at radius 1 is 0.958 bits per heavy atom. The molecule has 0 aliphatic heterocycles. The standard InChI is InChI=1S/C14H14F2N6.C2H6/c1-14(5-21-9-17-7-19-21,6-22-10-18-8-20-22)12-3-2-11(15)4-13(12)16;1-2/h2-4,7-10H,5-6H2,1H3;1-2H3. The van der Waals surface area contributed by atoms with E-state index in [4.69, 9.17) is 0 Å². The summed E-state index contributed by atoms with van der Waals surface area (Å²) < 4.78 is 30.7. The highest BCUT2D eigenvalue weighted by molar-refractivity contribution is 5.27. The second-order valence-corrected chi connectivity index (χ2v) is 5.37. The quantitative estimate of drug-likeness (QED) is 0.720. The lowest BCUT2D eigenvalue weighted by atomic mass is 9.82. The molecule has 128 valence electrons. The molecule has 0 bridgehead atoms. The van der Waals surface area contributed by atoms with Crippen molar-refractivity contribution in [3.8, 4) is 0 Å². The lowest BCUT2D eigenvalue weighted by Crippen LogP contribution is -2.35. The summed E-state index contributed by atoms with van der Waals surface area (Å²) in [5.41, 5.74) is -0.306. The Morgan fingerprint density at radius 2 is 1.50 bits per heavy atom. The Hall–Kier alpha value is -2.64. The van der Waals surface area contributed by atoms with Crippen LogP contribution >= 0.6 is 0 Å². The molecule has 6 nitrogen and oxygen atoms in total. The van der Waals surface area contributed by atoms with Crippen LogP contribution in [-0.2, 0) is 18.5 Å². The Balaban J connectivity index is 0.00000100. The van der Waals surface area contributed by atoms with Crippen molar-refractivity contribution < 1.29 is 8.78 Å². The highest BCUT2D eigenvalue weighted by Crippen LogP contribution is 2.30. The molecule has 0 saturated carbocycles. The zero-order chi connectivity index (χ0) is 17.6. The van der Waals surface area contributed by atoms with Gasteiger partial charge < -0.3 is 0 Å². The average molecular weight is 334 g/mol. The molecule has 2 aromatic heterocycles. The van der Waals surface area contributed by atoms with Crippen LogP contribution in [0, 0.1) is 11.6 Å². The van der Waals surface area contributed by atoms with Crippen LogP contribution in [-0.4, -0.2) is 29.5 Å². The molecular weight excluding hydrogens is 314 g/mol. The predicted molar refractivity (Wildman–Crippen MR) is 85.1 cm³/mol. The summed E-state index contributed by atoms with van der Waals surface area (Å²) >= 11 is 0. The van der Waals surface area contributed by atoms with Crippen LogP contribution in [0.1, 0.15) is 26.3 Å². The third kappa shape index (κ3) is 4.01. The first-order valence-corrected chi connectivity index (χ1v) is 7.67. The van der Waals surface area contributed by atoms with Gasteiger partial charge in [-0.25, -0.2) is 18.7 Å². The van der Waals surface area contributed by atoms with Gasteiger partial charge in [0.25, 0.3) is 0 Å². The van der Waals surface area contributed by atoms with Gasteiger partial charge in [0, 0.05) is 11.5 Å². The van der Waals surface area contributed by atoms with E-state index in [0.717, 1.165) is 6.07 Å². The van der Waals surface area contributed by atoms with Crippen molar-refractivity contribution in [3.63, 3.8) is 0 Å². The van der Waals surface area contributed by atoms with Gasteiger partial charge in [-0.05, 0) is 11.6 Å². The lowest BCUT2D eigenvalue weighted by molar-refractivity contribution is 0.301. The number of halogens is 2. The normalized spacial score (nSPS) is 11.0. The maximum Gasteiger partial charge on any atom is 0.137 e. The van der Waals surface area contributed by atoms with Crippen molar-refractivity contribution >= 4 is 0 Å². The zero-order valence-electron chi connectivity index (χ0n) is 13.9. The van der Waals surface area contributed by atoms with Crippen LogP contribution in [0.25, 0.3) is 0 Å². The van der Waals surface area contributed by atoms with Crippen molar-refractivity contribution in [2.24, 2.45) is 0 Å². The van der Waals surface area contributed by atoms with Gasteiger partial charge >= 0.3 is 0 Å². The van der Waals surface area contributed by atoms with Gasteiger partial charge in [-0.3, -0.25) is 9.36 Å². The summed E-state index contributed by atoms with van der Waals surface area (Å²) in [6.07, 6.45) is 5.94. The number of benzene rings is 1. The van der Waals surface area contributed by atoms with Crippen molar-refractivity contribution in [3.05, 3.63) is 60.7 Å². The minimum absolute atomic E-state index is 0.370. The second kappa shape index (κ2) is 7.76. The van der Waals surface area contributed by atoms with E-state index in [-0.39, 0.29) is 0 Å². The number of nitrogens with zero attached hydrogens (tertiary/aromatic N) is 6. The first-order chi connectivity index (χ1) is 11.6. The third-order valence-electron chi connectivity index (χ3n) is 3.54. The highest BCUT2D eigenvalue weighted by Gasteiger charge is 2.32. The fraction of sp³-hybridized carbons (Fsp3) is 0.375. The number of aromatic nitrogens is 6. The minimum atomic E-state index is -0.695. The van der Waals surface area contributed by atoms with Gasteiger partial charge in [-0.1, -0.05) is 26.8 Å². The SMILES string of the molecule is CC.CC(Cn1cncn1)(Cn1cncn1)c1ccc(F)cc1F. The maximum absolute atomic E-state index is 14.3. The van der Waals surface area contributed by atoms with E-state index in [9.17, 15) is 8.78 Å². The lowest BCUT2D eigenvalue weighted by Gasteiger charge is -2.30. The summed E-state index contributed by atoms with van der Waals surface area (Å²) in [4.78, 5) is 7.79. The molecule has 3 aromatic rings. The number of hydrogen-bond acceptors (Lipinski definition) is 4. The summed E-state index contributed by atoms with van der Waals surface area (Å²) in [5, 5.41) is 8.13. The van der Waals surface area contributed by atoms with Gasteiger partial charge in [0.05, 0.1) is 13.1 Å². The van der Waals surface area contributed by atoms with E-state index in [1.54, 1.807) is 22.0 Å². The molecule has 2 heterocycles. The van der Waals surface area contributed by atoms with Crippen molar-refractivity contribution in [2.45, 2.75) is 39.3 Å². The molecule has 0 N–H and O–H groups in total. The summed E-state index contributed by atoms with van der Waals surface area (Å²) in [6.45, 7) is 6.61. The molecular formula is C16H20F2N6. The van der Waals surface area contributed by atoms with Crippen molar-refractivity contribution in [2.75, 3.05) is 0 Å². The van der Waals surface area contributed by atoms with E-state index in [1.807, 2.05) is 20.8 Å². The largest absolute Gasteiger partial charge is 0.252 e. The minimum Gasteiger partial charge on any atom is -0.252 e. The highest BCUT2D eigenvalue weighted by atomic mass is 19.1. The van der Waals surface area contributed by atoms with Gasteiger partial charge in [0.2, 0.25) is 0 Å². The molecule has 3 rings (SSSR count). The molecule has 0 radical (unpaired) electrons. The Kier molecular flexibility index (Phi) is 5.73. The summed E-state index contributed by atoms with van der Waals surface area (Å²) in [6, 6.07) is 3.59. The van der Waals surface area contributed by atoms with E-state index < -0.39 is 17.0 Å². The van der Waals surface area contributed by atoms with Crippen LogP contribution in [0.3, 0.4) is 0 Å². The van der Waals surface area contributed by atoms with E-state index in [1.165, 1.54) is 24.8 Å². The van der Waals surface area contributed by atoms with E-state index in [2.05, 4.69) is 20.2 Å². The van der Waals surface area contributed by atoms with Crippen molar-refractivity contribution in [1.29, 1.82) is 0 Å². The molecule has 0 amide bonds. The topological polar surface area (TPSA) is 61.4 Å². The molecule has 0 spiro atoms. The van der Waals surface area contributed by atoms with Gasteiger partial charge in [-0.2, -0.15) is 10.2 Å². The first kappa shape index (κ1) is 17.7. The summed E-state index contributed by atoms with van der Waals surface area (Å²) in [5.74, 6) is -1.20. The van der Waals surface area contributed by atoms with Crippen molar-refractivity contribution in [1.82, 2.24) is 29.5 Å². The maximum atomic E-state index is 14.3. The third-order valence-corrected chi connectivity index (χ3v) is 3.54. The Labute approximate surface area is 139 Å². The van der Waals surface area contributed by atoms with Crippen LogP contribution in [0.2, 0.25) is 0 Å². The molecule has 0 saturated heterocycles. The molecule has 0 aliphatic carbocycles. The Morgan fingerprint density at radius 3 is 1.92 bits per heavy atom. The summed E-state index contributed by atoms with van der Waals surface area (Å²) in [7, 11) is 0. The molecule has 0 atom stereocenters. The molecule has 8 heteroatoms. The Bertz CT molecular complexity index is 704. The molecule has 0 aliphatic rings. The average Bonchev–Trinajstić information content (AvgIpc) is 3.23. The molecule has 1 aromatic carbocycles. The fourth-order valence-electron chi connectivity index (χ4n) is 2.54. The number of rotatable bonds is 5. The van der Waals surface area contributed by atoms with Gasteiger partial charge in [0.15, 0.2) is 0 Å². The van der Waals surface area contributed by atoms with Crippen LogP contribution < -0.4 is 0 Å². The first-order valence-electron chi connectivity index (χ1n) is 7.67. The van der Waals surface area contributed by atoms with Gasteiger partial charge in [0.1, 0.15) is 36.9 Å². The monoisotopic (exact) mass is 334 g/mol. The molecule has 0 fully saturated rings. The zero-order valence-corrected chi connectivity index (χ0v) is 13.9. The number of hydrogen-bond donors (Lipinski definition) is 0. The van der Waals surface area contributed by atoms with E-state index in [0.29, 0.717) is 18.7 Å². The second-order valence-electron chi connectivity index (χ2n) is 5.37.